The minimum absolute atomic E-state index is 0.597. The van der Waals surface area contributed by atoms with Gasteiger partial charge >= 0.3 is 5.97 Å². The summed E-state index contributed by atoms with van der Waals surface area (Å²) in [4.78, 5) is 117. The van der Waals surface area contributed by atoms with E-state index in [4.69, 9.17) is 33.8 Å². The van der Waals surface area contributed by atoms with Gasteiger partial charge in [-0.3, -0.25) is 43.2 Å². The second kappa shape index (κ2) is 17.3. The molecule has 0 saturated heterocycles. The Kier molecular flexibility index (Phi) is 15.0. The molecule has 0 bridgehead atoms. The molecule has 41 heavy (non-hydrogen) atoms. The Bertz CT molecular complexity index is 1080. The first-order chi connectivity index (χ1) is 18.9. The van der Waals surface area contributed by atoms with Crippen molar-refractivity contribution < 1.29 is 53.1 Å². The number of carboxylic acid groups (broad SMARTS) is 1. The minimum Gasteiger partial charge on any atom is -0.480 e. The molecule has 0 unspecified atom stereocenters. The predicted molar refractivity (Wildman–Crippen MR) is 133 cm³/mol. The molecule has 0 heterocycles. The van der Waals surface area contributed by atoms with Crippen LogP contribution in [-0.4, -0.2) is 101 Å². The lowest BCUT2D eigenvalue weighted by molar-refractivity contribution is -0.143. The van der Waals surface area contributed by atoms with Gasteiger partial charge in [0.2, 0.25) is 53.2 Å². The first-order valence-corrected chi connectivity index (χ1v) is 11.5. The number of nitrogens with one attached hydrogen (secondary N) is 5. The number of carboxylic acids is 1. The van der Waals surface area contributed by atoms with E-state index in [0.29, 0.717) is 0 Å². The highest BCUT2D eigenvalue weighted by molar-refractivity contribution is 5.98. The molecule has 0 spiro atoms. The van der Waals surface area contributed by atoms with Crippen LogP contribution in [0.4, 0.5) is 0 Å². The molecule has 0 aliphatic heterocycles. The Morgan fingerprint density at radius 2 is 0.927 bits per heavy atom. The van der Waals surface area contributed by atoms with Crippen LogP contribution in [0.25, 0.3) is 0 Å². The van der Waals surface area contributed by atoms with Crippen LogP contribution in [0.5, 0.6) is 0 Å². The molecule has 0 aromatic carbocycles. The van der Waals surface area contributed by atoms with Crippen molar-refractivity contribution in [1.29, 1.82) is 0 Å². The van der Waals surface area contributed by atoms with Gasteiger partial charge in [0.1, 0.15) is 18.1 Å². The molecular formula is C20H32N10O11. The molecule has 0 aromatic rings. The third kappa shape index (κ3) is 15.6. The van der Waals surface area contributed by atoms with E-state index in [9.17, 15) is 47.9 Å². The van der Waals surface area contributed by atoms with E-state index in [0.717, 1.165) is 0 Å². The molecule has 0 aromatic heterocycles. The summed E-state index contributed by atoms with van der Waals surface area (Å²) in [6.45, 7) is -1.56. The maximum absolute atomic E-state index is 12.7. The topological polar surface area (TPSA) is 381 Å². The molecule has 0 fully saturated rings. The van der Waals surface area contributed by atoms with Gasteiger partial charge in [-0.15, -0.1) is 0 Å². The second-order valence-electron chi connectivity index (χ2n) is 8.36. The molecule has 0 saturated carbocycles. The quantitative estimate of drug-likeness (QED) is 0.0670. The molecule has 16 N–H and O–H groups in total. The van der Waals surface area contributed by atoms with E-state index in [1.807, 2.05) is 10.6 Å². The summed E-state index contributed by atoms with van der Waals surface area (Å²) in [6.07, 6.45) is -2.88. The first kappa shape index (κ1) is 35.7. The monoisotopic (exact) mass is 588 g/mol. The van der Waals surface area contributed by atoms with Crippen LogP contribution < -0.4 is 55.3 Å². The highest BCUT2D eigenvalue weighted by atomic mass is 16.4. The number of nitrogens with two attached hydrogens (primary N) is 5. The molecule has 21 heteroatoms. The fourth-order valence-corrected chi connectivity index (χ4v) is 2.86. The molecule has 0 rings (SSSR count). The van der Waals surface area contributed by atoms with Crippen molar-refractivity contribution in [2.75, 3.05) is 13.1 Å². The Hall–Kier alpha value is -5.34. The van der Waals surface area contributed by atoms with Crippen LogP contribution in [0.15, 0.2) is 0 Å². The lowest BCUT2D eigenvalue weighted by Gasteiger charge is -2.23. The summed E-state index contributed by atoms with van der Waals surface area (Å²) >= 11 is 0. The minimum atomic E-state index is -1.72. The van der Waals surface area contributed by atoms with Gasteiger partial charge in [-0.1, -0.05) is 0 Å². The smallest absolute Gasteiger partial charge is 0.326 e. The number of primary amides is 4. The van der Waals surface area contributed by atoms with Crippen LogP contribution in [0, 0.1) is 0 Å². The number of hydrogen-bond acceptors (Lipinski definition) is 11. The lowest BCUT2D eigenvalue weighted by Crippen LogP contribution is -2.57. The van der Waals surface area contributed by atoms with Crippen LogP contribution in [0.2, 0.25) is 0 Å². The number of aliphatic carboxylic acids is 1. The zero-order valence-electron chi connectivity index (χ0n) is 21.5. The van der Waals surface area contributed by atoms with E-state index < -0.39 is 122 Å². The van der Waals surface area contributed by atoms with E-state index in [2.05, 4.69) is 16.0 Å². The Balaban J connectivity index is 5.20. The molecule has 0 aliphatic rings. The summed E-state index contributed by atoms with van der Waals surface area (Å²) in [6, 6.07) is -6.54. The Morgan fingerprint density at radius 1 is 0.512 bits per heavy atom. The van der Waals surface area contributed by atoms with Crippen molar-refractivity contribution >= 4 is 59.1 Å². The van der Waals surface area contributed by atoms with Crippen molar-refractivity contribution in [3.8, 4) is 0 Å². The highest BCUT2D eigenvalue weighted by Gasteiger charge is 2.30. The predicted octanol–water partition coefficient (Wildman–Crippen LogP) is -8.41. The van der Waals surface area contributed by atoms with Crippen LogP contribution in [-0.2, 0) is 47.9 Å². The number of carbonyl (C=O) groups is 10. The summed E-state index contributed by atoms with van der Waals surface area (Å²) in [7, 11) is 0. The van der Waals surface area contributed by atoms with Gasteiger partial charge in [0.25, 0.3) is 0 Å². The fourth-order valence-electron chi connectivity index (χ4n) is 2.86. The van der Waals surface area contributed by atoms with Gasteiger partial charge in [-0.2, -0.15) is 0 Å². The number of rotatable bonds is 19. The average molecular weight is 589 g/mol. The van der Waals surface area contributed by atoms with E-state index in [-0.39, 0.29) is 0 Å². The first-order valence-electron chi connectivity index (χ1n) is 11.5. The summed E-state index contributed by atoms with van der Waals surface area (Å²) in [5.41, 5.74) is 25.5. The van der Waals surface area contributed by atoms with E-state index >= 15 is 0 Å². The Morgan fingerprint density at radius 3 is 1.39 bits per heavy atom. The second-order valence-corrected chi connectivity index (χ2v) is 8.36. The zero-order valence-corrected chi connectivity index (χ0v) is 21.5. The van der Waals surface area contributed by atoms with Gasteiger partial charge in [0.05, 0.1) is 44.8 Å². The third-order valence-electron chi connectivity index (χ3n) is 4.74. The van der Waals surface area contributed by atoms with E-state index in [1.54, 1.807) is 0 Å². The van der Waals surface area contributed by atoms with Crippen molar-refractivity contribution in [3.63, 3.8) is 0 Å². The maximum Gasteiger partial charge on any atom is 0.326 e. The molecule has 4 atom stereocenters. The van der Waals surface area contributed by atoms with E-state index in [1.165, 1.54) is 0 Å². The molecule has 21 nitrogen and oxygen atoms in total. The number of hydrogen-bond donors (Lipinski definition) is 11. The molecule has 0 radical (unpaired) electrons. The SMILES string of the molecule is NC(=O)C[C@H](NC(=O)CNC(=O)CNC(=O)[C@H](CC(N)=O)NC(=O)[C@H](CC(N)=O)NC(=O)[C@@H](N)CC(N)=O)C(=O)O. The summed E-state index contributed by atoms with van der Waals surface area (Å²) < 4.78 is 0. The highest BCUT2D eigenvalue weighted by Crippen LogP contribution is 2.00. The fraction of sp³-hybridized carbons (Fsp3) is 0.500. The van der Waals surface area contributed by atoms with Gasteiger partial charge in [0, 0.05) is 0 Å². The molecular weight excluding hydrogens is 556 g/mol. The average Bonchev–Trinajstić information content (AvgIpc) is 2.83. The number of amides is 9. The maximum atomic E-state index is 12.7. The standard InChI is InChI=1S/C20H32N10O11/c21-7(1-11(22)31)17(37)29-9(3-13(24)33)19(39)30-8(2-12(23)32)18(38)27-5-15(35)26-6-16(36)28-10(20(40)41)4-14(25)34/h7-10H,1-6,21H2,(H2,22,31)(H2,23,32)(H2,24,33)(H2,25,34)(H,26,35)(H,27,38)(H,28,36)(H,29,37)(H,30,39)(H,40,41)/t7-,8-,9-,10-/m0/s1. The van der Waals surface area contributed by atoms with Crippen molar-refractivity contribution in [3.05, 3.63) is 0 Å². The Labute approximate surface area is 231 Å². The van der Waals surface area contributed by atoms with Gasteiger partial charge in [-0.05, 0) is 0 Å². The largest absolute Gasteiger partial charge is 0.480 e. The summed E-state index contributed by atoms with van der Waals surface area (Å²) in [5, 5.41) is 19.1. The zero-order chi connectivity index (χ0) is 31.9. The van der Waals surface area contributed by atoms with Crippen molar-refractivity contribution in [2.45, 2.75) is 49.9 Å². The van der Waals surface area contributed by atoms with Gasteiger partial charge in [0.15, 0.2) is 0 Å². The van der Waals surface area contributed by atoms with Crippen LogP contribution >= 0.6 is 0 Å². The van der Waals surface area contributed by atoms with Crippen LogP contribution in [0.3, 0.4) is 0 Å². The molecule has 228 valence electrons. The van der Waals surface area contributed by atoms with Crippen molar-refractivity contribution in [1.82, 2.24) is 26.6 Å². The van der Waals surface area contributed by atoms with Crippen LogP contribution in [0.1, 0.15) is 25.7 Å². The molecule has 9 amide bonds. The third-order valence-corrected chi connectivity index (χ3v) is 4.74. The molecule has 0 aliphatic carbocycles. The van der Waals surface area contributed by atoms with Gasteiger partial charge in [-0.25, -0.2) is 4.79 Å². The van der Waals surface area contributed by atoms with Crippen molar-refractivity contribution in [2.24, 2.45) is 28.7 Å². The number of carbonyl (C=O) groups excluding carboxylic acids is 9. The normalized spacial score (nSPS) is 13.2. The lowest BCUT2D eigenvalue weighted by atomic mass is 10.1. The van der Waals surface area contributed by atoms with Gasteiger partial charge < -0.3 is 60.4 Å². The summed E-state index contributed by atoms with van der Waals surface area (Å²) in [5.74, 6) is -11.0.